The summed E-state index contributed by atoms with van der Waals surface area (Å²) in [5.41, 5.74) is 6.72. The topological polar surface area (TPSA) is 151 Å². The van der Waals surface area contributed by atoms with Crippen molar-refractivity contribution < 1.29 is 24.3 Å². The molecule has 1 aromatic carbocycles. The van der Waals surface area contributed by atoms with Crippen LogP contribution in [0.3, 0.4) is 0 Å². The lowest BCUT2D eigenvalue weighted by molar-refractivity contribution is -0.142. The van der Waals surface area contributed by atoms with Crippen LogP contribution in [0.5, 0.6) is 0 Å². The van der Waals surface area contributed by atoms with E-state index in [0.717, 1.165) is 11.3 Å². The van der Waals surface area contributed by atoms with E-state index in [1.54, 1.807) is 49.9 Å². The molecule has 0 fully saturated rings. The maximum absolute atomic E-state index is 13.1. The van der Waals surface area contributed by atoms with Crippen molar-refractivity contribution in [2.45, 2.75) is 71.1 Å². The maximum atomic E-state index is 13.1. The van der Waals surface area contributed by atoms with Crippen molar-refractivity contribution in [3.8, 4) is 0 Å². The third-order valence-corrected chi connectivity index (χ3v) is 6.10. The SMILES string of the molecule is CSCCC(N)C(=O)NC(CC(C)C)C(=O)NC(C(=O)NC(Cc1ccccc1)C(=O)O)C(C)C. The Morgan fingerprint density at radius 2 is 1.51 bits per heavy atom. The van der Waals surface area contributed by atoms with Gasteiger partial charge in [0.2, 0.25) is 17.7 Å². The summed E-state index contributed by atoms with van der Waals surface area (Å²) < 4.78 is 0. The summed E-state index contributed by atoms with van der Waals surface area (Å²) in [6, 6.07) is 5.26. The highest BCUT2D eigenvalue weighted by molar-refractivity contribution is 7.98. The van der Waals surface area contributed by atoms with E-state index in [9.17, 15) is 24.3 Å². The zero-order chi connectivity index (χ0) is 26.5. The lowest BCUT2D eigenvalue weighted by Gasteiger charge is -2.27. The number of hydrogen-bond donors (Lipinski definition) is 5. The molecule has 0 saturated carbocycles. The van der Waals surface area contributed by atoms with Crippen molar-refractivity contribution >= 4 is 35.5 Å². The number of nitrogens with two attached hydrogens (primary N) is 1. The third-order valence-electron chi connectivity index (χ3n) is 5.45. The summed E-state index contributed by atoms with van der Waals surface area (Å²) in [4.78, 5) is 50.4. The number of nitrogens with one attached hydrogen (secondary N) is 3. The predicted octanol–water partition coefficient (Wildman–Crippen LogP) is 1.55. The molecule has 6 N–H and O–H groups in total. The number of benzene rings is 1. The van der Waals surface area contributed by atoms with Gasteiger partial charge in [0, 0.05) is 6.42 Å². The molecule has 10 heteroatoms. The van der Waals surface area contributed by atoms with Gasteiger partial charge in [-0.05, 0) is 42.2 Å². The fraction of sp³-hybridized carbons (Fsp3) is 0.600. The van der Waals surface area contributed by atoms with Gasteiger partial charge in [-0.25, -0.2) is 4.79 Å². The molecular weight excluding hydrogens is 468 g/mol. The molecule has 1 rings (SSSR count). The number of rotatable bonds is 15. The second-order valence-electron chi connectivity index (χ2n) is 9.40. The number of carbonyl (C=O) groups is 4. The van der Waals surface area contributed by atoms with Crippen LogP contribution in [0.25, 0.3) is 0 Å². The van der Waals surface area contributed by atoms with Gasteiger partial charge in [-0.2, -0.15) is 11.8 Å². The second kappa shape index (κ2) is 15.4. The molecule has 35 heavy (non-hydrogen) atoms. The molecule has 0 bridgehead atoms. The van der Waals surface area contributed by atoms with Crippen LogP contribution >= 0.6 is 11.8 Å². The Balaban J connectivity index is 2.93. The van der Waals surface area contributed by atoms with E-state index < -0.39 is 47.9 Å². The molecule has 0 aliphatic rings. The third kappa shape index (κ3) is 11.1. The molecule has 0 heterocycles. The molecule has 0 aromatic heterocycles. The second-order valence-corrected chi connectivity index (χ2v) is 10.4. The zero-order valence-corrected chi connectivity index (χ0v) is 22.1. The summed E-state index contributed by atoms with van der Waals surface area (Å²) >= 11 is 1.58. The highest BCUT2D eigenvalue weighted by Crippen LogP contribution is 2.10. The molecule has 0 radical (unpaired) electrons. The smallest absolute Gasteiger partial charge is 0.326 e. The minimum absolute atomic E-state index is 0.0991. The minimum atomic E-state index is -1.17. The molecule has 196 valence electrons. The Hall–Kier alpha value is -2.59. The summed E-state index contributed by atoms with van der Waals surface area (Å²) in [6.45, 7) is 7.36. The maximum Gasteiger partial charge on any atom is 0.326 e. The standard InChI is InChI=1S/C25H40N4O5S/c1-15(2)13-19(27-22(30)18(26)11-12-35-5)23(31)29-21(16(3)4)24(32)28-20(25(33)34)14-17-9-7-6-8-10-17/h6-10,15-16,18-21H,11-14,26H2,1-5H3,(H,27,30)(H,28,32)(H,29,31)(H,33,34). The first-order valence-corrected chi connectivity index (χ1v) is 13.3. The van der Waals surface area contributed by atoms with E-state index in [-0.39, 0.29) is 18.3 Å². The van der Waals surface area contributed by atoms with Crippen molar-refractivity contribution in [2.24, 2.45) is 17.6 Å². The van der Waals surface area contributed by atoms with Gasteiger partial charge in [-0.1, -0.05) is 58.0 Å². The molecular formula is C25H40N4O5S. The predicted molar refractivity (Wildman–Crippen MR) is 139 cm³/mol. The van der Waals surface area contributed by atoms with E-state index in [0.29, 0.717) is 12.8 Å². The first kappa shape index (κ1) is 30.4. The highest BCUT2D eigenvalue weighted by Gasteiger charge is 2.32. The van der Waals surface area contributed by atoms with E-state index in [1.807, 2.05) is 26.2 Å². The van der Waals surface area contributed by atoms with Crippen LogP contribution in [0.15, 0.2) is 30.3 Å². The van der Waals surface area contributed by atoms with Crippen molar-refractivity contribution in [1.82, 2.24) is 16.0 Å². The first-order valence-electron chi connectivity index (χ1n) is 11.9. The summed E-state index contributed by atoms with van der Waals surface area (Å²) in [7, 11) is 0. The summed E-state index contributed by atoms with van der Waals surface area (Å²) in [5, 5.41) is 17.6. The fourth-order valence-electron chi connectivity index (χ4n) is 3.46. The Bertz CT molecular complexity index is 834. The Kier molecular flexibility index (Phi) is 13.4. The highest BCUT2D eigenvalue weighted by atomic mass is 32.2. The van der Waals surface area contributed by atoms with E-state index >= 15 is 0 Å². The normalized spacial score (nSPS) is 14.6. The molecule has 3 amide bonds. The van der Waals surface area contributed by atoms with Gasteiger partial charge in [0.1, 0.15) is 18.1 Å². The van der Waals surface area contributed by atoms with Crippen LogP contribution in [-0.2, 0) is 25.6 Å². The molecule has 1 aromatic rings. The van der Waals surface area contributed by atoms with Crippen molar-refractivity contribution in [1.29, 1.82) is 0 Å². The van der Waals surface area contributed by atoms with E-state index in [1.165, 1.54) is 0 Å². The Labute approximate surface area is 212 Å². The van der Waals surface area contributed by atoms with Gasteiger partial charge in [0.25, 0.3) is 0 Å². The number of carbonyl (C=O) groups excluding carboxylic acids is 3. The Morgan fingerprint density at radius 3 is 2.03 bits per heavy atom. The van der Waals surface area contributed by atoms with Crippen molar-refractivity contribution in [2.75, 3.05) is 12.0 Å². The van der Waals surface area contributed by atoms with Crippen molar-refractivity contribution in [3.63, 3.8) is 0 Å². The van der Waals surface area contributed by atoms with Crippen LogP contribution in [-0.4, -0.2) is 65.0 Å². The van der Waals surface area contributed by atoms with E-state index in [2.05, 4.69) is 16.0 Å². The number of thioether (sulfide) groups is 1. The quantitative estimate of drug-likeness (QED) is 0.241. The lowest BCUT2D eigenvalue weighted by atomic mass is 9.99. The molecule has 0 aliphatic heterocycles. The van der Waals surface area contributed by atoms with E-state index in [4.69, 9.17) is 5.73 Å². The minimum Gasteiger partial charge on any atom is -0.480 e. The van der Waals surface area contributed by atoms with Crippen LogP contribution < -0.4 is 21.7 Å². The van der Waals surface area contributed by atoms with Crippen LogP contribution in [0, 0.1) is 11.8 Å². The Morgan fingerprint density at radius 1 is 0.914 bits per heavy atom. The zero-order valence-electron chi connectivity index (χ0n) is 21.2. The van der Waals surface area contributed by atoms with Crippen LogP contribution in [0.1, 0.15) is 46.1 Å². The van der Waals surface area contributed by atoms with Gasteiger partial charge in [0.05, 0.1) is 6.04 Å². The average Bonchev–Trinajstić information content (AvgIpc) is 2.79. The monoisotopic (exact) mass is 508 g/mol. The largest absolute Gasteiger partial charge is 0.480 e. The first-order chi connectivity index (χ1) is 16.5. The molecule has 4 unspecified atom stereocenters. The molecule has 0 saturated heterocycles. The summed E-state index contributed by atoms with van der Waals surface area (Å²) in [5.74, 6) is -2.18. The molecule has 0 spiro atoms. The lowest BCUT2D eigenvalue weighted by Crippen LogP contribution is -2.58. The van der Waals surface area contributed by atoms with Gasteiger partial charge in [0.15, 0.2) is 0 Å². The number of hydrogen-bond acceptors (Lipinski definition) is 6. The number of carboxylic acids is 1. The number of aliphatic carboxylic acids is 1. The van der Waals surface area contributed by atoms with Gasteiger partial charge in [-0.3, -0.25) is 14.4 Å². The summed E-state index contributed by atoms with van der Waals surface area (Å²) in [6.07, 6.45) is 2.88. The van der Waals surface area contributed by atoms with Crippen LogP contribution in [0.2, 0.25) is 0 Å². The number of amides is 3. The van der Waals surface area contributed by atoms with Gasteiger partial charge < -0.3 is 26.8 Å². The molecule has 9 nitrogen and oxygen atoms in total. The van der Waals surface area contributed by atoms with Crippen molar-refractivity contribution in [3.05, 3.63) is 35.9 Å². The van der Waals surface area contributed by atoms with Gasteiger partial charge in [-0.15, -0.1) is 0 Å². The molecule has 0 aliphatic carbocycles. The number of carboxylic acid groups (broad SMARTS) is 1. The van der Waals surface area contributed by atoms with Crippen LogP contribution in [0.4, 0.5) is 0 Å². The molecule has 4 atom stereocenters. The fourth-order valence-corrected chi connectivity index (χ4v) is 3.95. The van der Waals surface area contributed by atoms with Gasteiger partial charge >= 0.3 is 5.97 Å². The average molecular weight is 509 g/mol.